The Morgan fingerprint density at radius 2 is 2.11 bits per heavy atom. The number of aromatic nitrogens is 2. The van der Waals surface area contributed by atoms with E-state index in [2.05, 4.69) is 9.97 Å². The molecule has 0 fully saturated rings. The summed E-state index contributed by atoms with van der Waals surface area (Å²) in [6.07, 6.45) is 0. The lowest BCUT2D eigenvalue weighted by Gasteiger charge is -2.05. The van der Waals surface area contributed by atoms with E-state index in [1.54, 1.807) is 11.8 Å². The highest BCUT2D eigenvalue weighted by Crippen LogP contribution is 2.33. The van der Waals surface area contributed by atoms with E-state index in [-0.39, 0.29) is 0 Å². The smallest absolute Gasteiger partial charge is 0.140 e. The van der Waals surface area contributed by atoms with Gasteiger partial charge >= 0.3 is 0 Å². The highest BCUT2D eigenvalue weighted by molar-refractivity contribution is 7.98. The molecule has 2 aromatic rings. The number of fused-ring (bicyclic) bond motifs is 1. The monoisotopic (exact) mass is 328 g/mol. The second-order valence-electron chi connectivity index (χ2n) is 4.09. The molecule has 98 valence electrons. The molecule has 0 bridgehead atoms. The zero-order valence-electron chi connectivity index (χ0n) is 9.90. The second-order valence-corrected chi connectivity index (χ2v) is 6.92. The zero-order valence-corrected chi connectivity index (χ0v) is 13.0. The van der Waals surface area contributed by atoms with Gasteiger partial charge in [0.2, 0.25) is 0 Å². The van der Waals surface area contributed by atoms with Gasteiger partial charge in [0.25, 0.3) is 0 Å². The van der Waals surface area contributed by atoms with Crippen LogP contribution in [-0.2, 0) is 17.3 Å². The van der Waals surface area contributed by atoms with E-state index in [0.29, 0.717) is 10.9 Å². The largest absolute Gasteiger partial charge is 0.236 e. The normalized spacial score (nSPS) is 13.6. The van der Waals surface area contributed by atoms with Crippen LogP contribution in [0.15, 0.2) is 29.2 Å². The lowest BCUT2D eigenvalue weighted by atomic mass is 10.3. The molecule has 6 heteroatoms. The molecular weight excluding hydrogens is 319 g/mol. The quantitative estimate of drug-likeness (QED) is 0.595. The number of rotatable bonds is 3. The first-order valence-corrected chi connectivity index (χ1v) is 8.62. The van der Waals surface area contributed by atoms with Crippen LogP contribution < -0.4 is 0 Å². The maximum Gasteiger partial charge on any atom is 0.140 e. The third kappa shape index (κ3) is 3.19. The highest BCUT2D eigenvalue weighted by Gasteiger charge is 2.18. The summed E-state index contributed by atoms with van der Waals surface area (Å²) >= 11 is 15.6. The van der Waals surface area contributed by atoms with Crippen molar-refractivity contribution in [2.75, 3.05) is 0 Å². The molecule has 1 aliphatic rings. The van der Waals surface area contributed by atoms with E-state index in [0.717, 1.165) is 38.5 Å². The number of hydrogen-bond donors (Lipinski definition) is 0. The van der Waals surface area contributed by atoms with Crippen LogP contribution in [0.4, 0.5) is 0 Å². The third-order valence-electron chi connectivity index (χ3n) is 2.74. The van der Waals surface area contributed by atoms with Crippen molar-refractivity contribution in [1.29, 1.82) is 0 Å². The minimum atomic E-state index is 0.608. The van der Waals surface area contributed by atoms with E-state index in [9.17, 15) is 0 Å². The second kappa shape index (κ2) is 5.92. The minimum absolute atomic E-state index is 0.608. The fraction of sp³-hybridized carbons (Fsp3) is 0.231. The van der Waals surface area contributed by atoms with Gasteiger partial charge in [-0.15, -0.1) is 11.8 Å². The molecule has 2 heterocycles. The summed E-state index contributed by atoms with van der Waals surface area (Å²) in [6.45, 7) is 0. The van der Waals surface area contributed by atoms with Crippen LogP contribution in [-0.4, -0.2) is 9.97 Å². The molecule has 0 atom stereocenters. The minimum Gasteiger partial charge on any atom is -0.236 e. The van der Waals surface area contributed by atoms with Crippen LogP contribution in [0.3, 0.4) is 0 Å². The predicted molar refractivity (Wildman–Crippen MR) is 83.1 cm³/mol. The van der Waals surface area contributed by atoms with E-state index in [1.807, 2.05) is 36.0 Å². The molecule has 2 nitrogen and oxygen atoms in total. The number of halogens is 2. The Balaban J connectivity index is 1.76. The molecule has 0 radical (unpaired) electrons. The van der Waals surface area contributed by atoms with Gasteiger partial charge in [-0.25, -0.2) is 9.97 Å². The van der Waals surface area contributed by atoms with E-state index < -0.39 is 0 Å². The molecule has 0 aliphatic carbocycles. The molecule has 0 unspecified atom stereocenters. The van der Waals surface area contributed by atoms with Crippen LogP contribution in [0.5, 0.6) is 0 Å². The van der Waals surface area contributed by atoms with Crippen LogP contribution in [0, 0.1) is 0 Å². The first-order chi connectivity index (χ1) is 9.22. The van der Waals surface area contributed by atoms with E-state index >= 15 is 0 Å². The average molecular weight is 329 g/mol. The van der Waals surface area contributed by atoms with Crippen molar-refractivity contribution in [1.82, 2.24) is 9.97 Å². The van der Waals surface area contributed by atoms with Gasteiger partial charge in [-0.05, 0) is 18.2 Å². The van der Waals surface area contributed by atoms with E-state index in [4.69, 9.17) is 23.2 Å². The van der Waals surface area contributed by atoms with Crippen LogP contribution in [0.2, 0.25) is 10.2 Å². The fourth-order valence-corrected chi connectivity index (χ4v) is 4.29. The molecule has 1 aromatic heterocycles. The van der Waals surface area contributed by atoms with Gasteiger partial charge in [0, 0.05) is 27.0 Å². The third-order valence-corrected chi connectivity index (χ3v) is 5.25. The van der Waals surface area contributed by atoms with Crippen molar-refractivity contribution in [2.45, 2.75) is 22.2 Å². The molecule has 0 saturated carbocycles. The summed E-state index contributed by atoms with van der Waals surface area (Å²) in [5, 5.41) is 1.35. The van der Waals surface area contributed by atoms with Crippen molar-refractivity contribution in [3.63, 3.8) is 0 Å². The fourth-order valence-electron chi connectivity index (χ4n) is 1.83. The summed E-state index contributed by atoms with van der Waals surface area (Å²) < 4.78 is 0. The summed E-state index contributed by atoms with van der Waals surface area (Å²) in [7, 11) is 0. The van der Waals surface area contributed by atoms with Crippen molar-refractivity contribution in [3.05, 3.63) is 51.5 Å². The molecule has 0 amide bonds. The molecule has 19 heavy (non-hydrogen) atoms. The summed E-state index contributed by atoms with van der Waals surface area (Å²) in [5.74, 6) is 3.36. The Morgan fingerprint density at radius 3 is 2.95 bits per heavy atom. The number of hydrogen-bond acceptors (Lipinski definition) is 4. The number of nitrogens with zero attached hydrogens (tertiary/aromatic N) is 2. The Bertz CT molecular complexity index is 620. The van der Waals surface area contributed by atoms with Gasteiger partial charge in [0.1, 0.15) is 11.0 Å². The standard InChI is InChI=1S/C13H10Cl2N2S2/c14-8-2-1-3-9(4-8)19-7-12-16-11-6-18-5-10(11)13(15)17-12/h1-4H,5-7H2. The summed E-state index contributed by atoms with van der Waals surface area (Å²) in [4.78, 5) is 10.1. The van der Waals surface area contributed by atoms with Gasteiger partial charge in [0.05, 0.1) is 11.4 Å². The first-order valence-electron chi connectivity index (χ1n) is 5.72. The zero-order chi connectivity index (χ0) is 13.2. The van der Waals surface area contributed by atoms with Gasteiger partial charge in [-0.1, -0.05) is 29.3 Å². The summed E-state index contributed by atoms with van der Waals surface area (Å²) in [5.41, 5.74) is 2.19. The lowest BCUT2D eigenvalue weighted by molar-refractivity contribution is 0.974. The van der Waals surface area contributed by atoms with Crippen LogP contribution in [0.25, 0.3) is 0 Å². The topological polar surface area (TPSA) is 25.8 Å². The van der Waals surface area contributed by atoms with Gasteiger partial charge < -0.3 is 0 Å². The molecule has 3 rings (SSSR count). The maximum absolute atomic E-state index is 6.19. The highest BCUT2D eigenvalue weighted by atomic mass is 35.5. The van der Waals surface area contributed by atoms with Crippen LogP contribution >= 0.6 is 46.7 Å². The van der Waals surface area contributed by atoms with Gasteiger partial charge in [0.15, 0.2) is 0 Å². The Morgan fingerprint density at radius 1 is 1.21 bits per heavy atom. The molecule has 0 N–H and O–H groups in total. The van der Waals surface area contributed by atoms with Crippen molar-refractivity contribution >= 4 is 46.7 Å². The average Bonchev–Trinajstić information content (AvgIpc) is 2.85. The van der Waals surface area contributed by atoms with Gasteiger partial charge in [-0.3, -0.25) is 0 Å². The van der Waals surface area contributed by atoms with Crippen LogP contribution in [0.1, 0.15) is 17.1 Å². The number of thioether (sulfide) groups is 2. The van der Waals surface area contributed by atoms with Crippen molar-refractivity contribution < 1.29 is 0 Å². The first kappa shape index (κ1) is 13.6. The predicted octanol–water partition coefficient (Wildman–Crippen LogP) is 4.82. The number of benzene rings is 1. The molecule has 0 spiro atoms. The molecule has 0 saturated heterocycles. The van der Waals surface area contributed by atoms with Crippen molar-refractivity contribution in [3.8, 4) is 0 Å². The summed E-state index contributed by atoms with van der Waals surface area (Å²) in [6, 6.07) is 7.78. The van der Waals surface area contributed by atoms with Crippen molar-refractivity contribution in [2.24, 2.45) is 0 Å². The Labute approximate surface area is 130 Å². The molecular formula is C13H10Cl2N2S2. The SMILES string of the molecule is Clc1cccc(SCc2nc(Cl)c3c(n2)CSC3)c1. The van der Waals surface area contributed by atoms with Gasteiger partial charge in [-0.2, -0.15) is 11.8 Å². The lowest BCUT2D eigenvalue weighted by Crippen LogP contribution is -1.99. The molecule has 1 aliphatic heterocycles. The maximum atomic E-state index is 6.19. The molecule has 1 aromatic carbocycles. The van der Waals surface area contributed by atoms with E-state index in [1.165, 1.54) is 0 Å². The Kier molecular flexibility index (Phi) is 4.22. The Hall–Kier alpha value is -0.420.